The normalized spacial score (nSPS) is 16.9. The fourth-order valence-electron chi connectivity index (χ4n) is 3.69. The quantitative estimate of drug-likeness (QED) is 0.772. The summed E-state index contributed by atoms with van der Waals surface area (Å²) in [5, 5.41) is 8.42. The minimum Gasteiger partial charge on any atom is -0.352 e. The van der Waals surface area contributed by atoms with Crippen LogP contribution in [0.4, 0.5) is 5.82 Å². The highest BCUT2D eigenvalue weighted by molar-refractivity contribution is 7.19. The van der Waals surface area contributed by atoms with Gasteiger partial charge in [0.2, 0.25) is 0 Å². The number of nitrogens with zero attached hydrogens (tertiary/aromatic N) is 5. The Labute approximate surface area is 148 Å². The summed E-state index contributed by atoms with van der Waals surface area (Å²) >= 11 is 1.81. The largest absolute Gasteiger partial charge is 0.352 e. The third kappa shape index (κ3) is 2.39. The number of carbonyl (C=O) groups is 1. The molecule has 2 aliphatic rings. The average Bonchev–Trinajstić information content (AvgIpc) is 3.25. The van der Waals surface area contributed by atoms with Crippen LogP contribution in [0.25, 0.3) is 10.2 Å². The molecule has 25 heavy (non-hydrogen) atoms. The lowest BCUT2D eigenvalue weighted by Crippen LogP contribution is -2.59. The number of carbonyl (C=O) groups excluding carboxylic acids is 1. The van der Waals surface area contributed by atoms with Crippen LogP contribution in [0.5, 0.6) is 0 Å². The van der Waals surface area contributed by atoms with Crippen LogP contribution in [0.15, 0.2) is 18.6 Å². The van der Waals surface area contributed by atoms with E-state index in [9.17, 15) is 4.79 Å². The molecule has 1 N–H and O–H groups in total. The fourth-order valence-corrected chi connectivity index (χ4v) is 4.91. The number of rotatable bonds is 3. The number of anilines is 1. The summed E-state index contributed by atoms with van der Waals surface area (Å²) in [6.45, 7) is 1.55. The Morgan fingerprint density at radius 2 is 2.20 bits per heavy atom. The van der Waals surface area contributed by atoms with Gasteiger partial charge < -0.3 is 10.2 Å². The Morgan fingerprint density at radius 1 is 1.32 bits per heavy atom. The molecule has 0 radical (unpaired) electrons. The Hall–Kier alpha value is -2.48. The molecule has 0 unspecified atom stereocenters. The molecule has 3 aromatic rings. The molecule has 1 fully saturated rings. The van der Waals surface area contributed by atoms with Crippen molar-refractivity contribution in [2.75, 3.05) is 18.0 Å². The predicted molar refractivity (Wildman–Crippen MR) is 96.1 cm³/mol. The first-order chi connectivity index (χ1) is 12.2. The second-order valence-electron chi connectivity index (χ2n) is 6.68. The number of hydrogen-bond acceptors (Lipinski definition) is 6. The molecule has 1 aliphatic heterocycles. The lowest BCUT2D eigenvalue weighted by molar-refractivity contribution is 0.0924. The zero-order chi connectivity index (χ0) is 17.0. The number of nitrogens with one attached hydrogen (secondary N) is 1. The van der Waals surface area contributed by atoms with Gasteiger partial charge in [0.1, 0.15) is 22.7 Å². The van der Waals surface area contributed by atoms with Crippen LogP contribution >= 0.6 is 11.3 Å². The van der Waals surface area contributed by atoms with Gasteiger partial charge in [-0.15, -0.1) is 11.3 Å². The summed E-state index contributed by atoms with van der Waals surface area (Å²) in [4.78, 5) is 26.0. The first kappa shape index (κ1) is 14.8. The maximum absolute atomic E-state index is 12.2. The van der Waals surface area contributed by atoms with E-state index in [0.717, 1.165) is 30.2 Å². The molecular formula is C17H18N6OS. The lowest BCUT2D eigenvalue weighted by Gasteiger charge is -2.40. The van der Waals surface area contributed by atoms with E-state index in [1.165, 1.54) is 28.7 Å². The first-order valence-corrected chi connectivity index (χ1v) is 9.31. The van der Waals surface area contributed by atoms with E-state index in [2.05, 4.69) is 25.3 Å². The molecule has 1 saturated heterocycles. The third-order valence-electron chi connectivity index (χ3n) is 4.94. The minimum atomic E-state index is -0.116. The molecule has 128 valence electrons. The molecule has 1 aliphatic carbocycles. The topological polar surface area (TPSA) is 75.9 Å². The van der Waals surface area contributed by atoms with Crippen molar-refractivity contribution in [3.05, 3.63) is 34.7 Å². The highest BCUT2D eigenvalue weighted by Gasteiger charge is 2.32. The molecule has 0 atom stereocenters. The maximum atomic E-state index is 12.2. The van der Waals surface area contributed by atoms with Crippen LogP contribution in [0, 0.1) is 0 Å². The minimum absolute atomic E-state index is 0.116. The van der Waals surface area contributed by atoms with Gasteiger partial charge >= 0.3 is 0 Å². The summed E-state index contributed by atoms with van der Waals surface area (Å²) < 4.78 is 1.64. The number of aromatic nitrogens is 4. The van der Waals surface area contributed by atoms with Crippen molar-refractivity contribution in [3.8, 4) is 0 Å². The number of aryl methyl sites for hydroxylation is 3. The number of hydrogen-bond donors (Lipinski definition) is 1. The molecule has 8 heteroatoms. The highest BCUT2D eigenvalue weighted by Crippen LogP contribution is 2.40. The van der Waals surface area contributed by atoms with Gasteiger partial charge in [0.15, 0.2) is 0 Å². The van der Waals surface area contributed by atoms with Crippen LogP contribution in [-0.4, -0.2) is 44.8 Å². The number of fused-ring (bicyclic) bond motifs is 3. The Balaban J connectivity index is 1.32. The molecular weight excluding hydrogens is 336 g/mol. The molecule has 3 aromatic heterocycles. The van der Waals surface area contributed by atoms with E-state index in [1.807, 2.05) is 7.05 Å². The van der Waals surface area contributed by atoms with E-state index in [4.69, 9.17) is 0 Å². The summed E-state index contributed by atoms with van der Waals surface area (Å²) in [6.07, 6.45) is 6.95. The molecule has 4 heterocycles. The monoisotopic (exact) mass is 354 g/mol. The summed E-state index contributed by atoms with van der Waals surface area (Å²) in [5.41, 5.74) is 1.90. The van der Waals surface area contributed by atoms with E-state index in [1.54, 1.807) is 34.6 Å². The predicted octanol–water partition coefficient (Wildman–Crippen LogP) is 1.53. The van der Waals surface area contributed by atoms with E-state index < -0.39 is 0 Å². The molecule has 0 spiro atoms. The standard InChI is InChI=1S/C17H18N6OS/c1-22-6-5-12(21-22)16(24)20-10-7-23(8-10)15-14-11-3-2-4-13(11)25-17(14)19-9-18-15/h5-6,9-10H,2-4,7-8H2,1H3,(H,20,24). The maximum Gasteiger partial charge on any atom is 0.272 e. The average molecular weight is 354 g/mol. The SMILES string of the molecule is Cn1ccc(C(=O)NC2CN(c3ncnc4sc5c(c34)CCC5)C2)n1. The van der Waals surface area contributed by atoms with E-state index >= 15 is 0 Å². The second-order valence-corrected chi connectivity index (χ2v) is 7.77. The molecule has 0 bridgehead atoms. The van der Waals surface area contributed by atoms with Gasteiger partial charge in [0, 0.05) is 31.2 Å². The molecule has 0 saturated carbocycles. The van der Waals surface area contributed by atoms with Gasteiger partial charge in [0.25, 0.3) is 5.91 Å². The van der Waals surface area contributed by atoms with Crippen molar-refractivity contribution in [2.45, 2.75) is 25.3 Å². The van der Waals surface area contributed by atoms with E-state index in [0.29, 0.717) is 5.69 Å². The van der Waals surface area contributed by atoms with Crippen molar-refractivity contribution in [2.24, 2.45) is 7.05 Å². The van der Waals surface area contributed by atoms with Crippen molar-refractivity contribution in [1.82, 2.24) is 25.1 Å². The summed E-state index contributed by atoms with van der Waals surface area (Å²) in [7, 11) is 1.81. The van der Waals surface area contributed by atoms with Crippen LogP contribution in [0.1, 0.15) is 27.3 Å². The Bertz CT molecular complexity index is 971. The highest BCUT2D eigenvalue weighted by atomic mass is 32.1. The molecule has 7 nitrogen and oxygen atoms in total. The third-order valence-corrected chi connectivity index (χ3v) is 6.14. The zero-order valence-electron chi connectivity index (χ0n) is 13.9. The smallest absolute Gasteiger partial charge is 0.272 e. The van der Waals surface area contributed by atoms with Gasteiger partial charge in [-0.1, -0.05) is 0 Å². The number of amides is 1. The van der Waals surface area contributed by atoms with Crippen LogP contribution < -0.4 is 10.2 Å². The van der Waals surface area contributed by atoms with Crippen LogP contribution in [-0.2, 0) is 19.9 Å². The van der Waals surface area contributed by atoms with Crippen molar-refractivity contribution in [3.63, 3.8) is 0 Å². The molecule has 5 rings (SSSR count). The zero-order valence-corrected chi connectivity index (χ0v) is 14.7. The first-order valence-electron chi connectivity index (χ1n) is 8.50. The summed E-state index contributed by atoms with van der Waals surface area (Å²) in [6, 6.07) is 1.86. The van der Waals surface area contributed by atoms with Crippen molar-refractivity contribution >= 4 is 33.3 Å². The van der Waals surface area contributed by atoms with Gasteiger partial charge in [-0.25, -0.2) is 9.97 Å². The van der Waals surface area contributed by atoms with Gasteiger partial charge in [-0.3, -0.25) is 9.48 Å². The Morgan fingerprint density at radius 3 is 3.00 bits per heavy atom. The second kappa shape index (κ2) is 5.52. The van der Waals surface area contributed by atoms with Gasteiger partial charge in [0.05, 0.1) is 11.4 Å². The van der Waals surface area contributed by atoms with E-state index in [-0.39, 0.29) is 11.9 Å². The molecule has 1 amide bonds. The van der Waals surface area contributed by atoms with Gasteiger partial charge in [-0.2, -0.15) is 5.10 Å². The van der Waals surface area contributed by atoms with Crippen molar-refractivity contribution in [1.29, 1.82) is 0 Å². The van der Waals surface area contributed by atoms with Crippen LogP contribution in [0.2, 0.25) is 0 Å². The Kier molecular flexibility index (Phi) is 3.27. The molecule has 0 aromatic carbocycles. The van der Waals surface area contributed by atoms with Gasteiger partial charge in [-0.05, 0) is 30.9 Å². The lowest BCUT2D eigenvalue weighted by atomic mass is 10.1. The summed E-state index contributed by atoms with van der Waals surface area (Å²) in [5.74, 6) is 0.905. The fraction of sp³-hybridized carbons (Fsp3) is 0.412. The van der Waals surface area contributed by atoms with Crippen molar-refractivity contribution < 1.29 is 4.79 Å². The number of thiophene rings is 1. The van der Waals surface area contributed by atoms with Crippen LogP contribution in [0.3, 0.4) is 0 Å².